The molecule has 1 heterocycles. The predicted octanol–water partition coefficient (Wildman–Crippen LogP) is 5.83. The number of aromatic nitrogens is 2. The van der Waals surface area contributed by atoms with Crippen LogP contribution in [0.5, 0.6) is 0 Å². The molecule has 0 aliphatic heterocycles. The van der Waals surface area contributed by atoms with Gasteiger partial charge in [0.25, 0.3) is 0 Å². The van der Waals surface area contributed by atoms with E-state index in [9.17, 15) is 0 Å². The van der Waals surface area contributed by atoms with Gasteiger partial charge in [-0.2, -0.15) is 0 Å². The SMILES string of the molecule is ClCc1nc2cc(Br)ccc2n1-c1ccc(Cl)c(Cl)c1. The Balaban J connectivity index is 2.30. The minimum Gasteiger partial charge on any atom is -0.295 e. The second-order valence-corrected chi connectivity index (χ2v) is 6.23. The van der Waals surface area contributed by atoms with E-state index in [1.165, 1.54) is 0 Å². The van der Waals surface area contributed by atoms with E-state index in [0.29, 0.717) is 15.9 Å². The van der Waals surface area contributed by atoms with Crippen LogP contribution in [0.3, 0.4) is 0 Å². The van der Waals surface area contributed by atoms with Gasteiger partial charge in [-0.05, 0) is 36.4 Å². The molecule has 102 valence electrons. The van der Waals surface area contributed by atoms with Crippen molar-refractivity contribution in [2.45, 2.75) is 5.88 Å². The number of nitrogens with zero attached hydrogens (tertiary/aromatic N) is 2. The maximum Gasteiger partial charge on any atom is 0.129 e. The molecule has 0 saturated heterocycles. The van der Waals surface area contributed by atoms with Crippen molar-refractivity contribution < 1.29 is 0 Å². The quantitative estimate of drug-likeness (QED) is 0.503. The van der Waals surface area contributed by atoms with Crippen LogP contribution in [-0.4, -0.2) is 9.55 Å². The van der Waals surface area contributed by atoms with Crippen LogP contribution < -0.4 is 0 Å². The summed E-state index contributed by atoms with van der Waals surface area (Å²) in [6.07, 6.45) is 0. The average Bonchev–Trinajstić information content (AvgIpc) is 2.79. The van der Waals surface area contributed by atoms with Crippen LogP contribution in [0.4, 0.5) is 0 Å². The van der Waals surface area contributed by atoms with Crippen molar-refractivity contribution in [3.8, 4) is 5.69 Å². The summed E-state index contributed by atoms with van der Waals surface area (Å²) in [5, 5.41) is 1.03. The fraction of sp³-hybridized carbons (Fsp3) is 0.0714. The van der Waals surface area contributed by atoms with Crippen molar-refractivity contribution in [2.24, 2.45) is 0 Å². The molecule has 0 aliphatic rings. The number of hydrogen-bond acceptors (Lipinski definition) is 1. The number of rotatable bonds is 2. The molecular formula is C14H8BrCl3N2. The first kappa shape index (κ1) is 14.2. The highest BCUT2D eigenvalue weighted by Gasteiger charge is 2.13. The summed E-state index contributed by atoms with van der Waals surface area (Å²) in [6.45, 7) is 0. The van der Waals surface area contributed by atoms with Crippen LogP contribution in [0.2, 0.25) is 10.0 Å². The van der Waals surface area contributed by atoms with Crippen LogP contribution >= 0.6 is 50.7 Å². The van der Waals surface area contributed by atoms with E-state index >= 15 is 0 Å². The van der Waals surface area contributed by atoms with Gasteiger partial charge in [0.15, 0.2) is 0 Å². The molecule has 6 heteroatoms. The van der Waals surface area contributed by atoms with E-state index in [1.807, 2.05) is 34.9 Å². The summed E-state index contributed by atoms with van der Waals surface area (Å²) in [4.78, 5) is 4.55. The normalized spacial score (nSPS) is 11.2. The van der Waals surface area contributed by atoms with Gasteiger partial charge in [0.1, 0.15) is 5.82 Å². The van der Waals surface area contributed by atoms with E-state index in [0.717, 1.165) is 27.0 Å². The van der Waals surface area contributed by atoms with E-state index in [4.69, 9.17) is 34.8 Å². The largest absolute Gasteiger partial charge is 0.295 e. The molecule has 0 fully saturated rings. The maximum absolute atomic E-state index is 6.10. The number of alkyl halides is 1. The zero-order chi connectivity index (χ0) is 14.3. The number of fused-ring (bicyclic) bond motifs is 1. The van der Waals surface area contributed by atoms with Crippen molar-refractivity contribution >= 4 is 61.8 Å². The molecule has 3 aromatic rings. The Morgan fingerprint density at radius 3 is 2.55 bits per heavy atom. The van der Waals surface area contributed by atoms with Gasteiger partial charge in [0.2, 0.25) is 0 Å². The molecule has 1 aromatic heterocycles. The number of halogens is 4. The van der Waals surface area contributed by atoms with Crippen molar-refractivity contribution in [1.82, 2.24) is 9.55 Å². The molecule has 0 unspecified atom stereocenters. The van der Waals surface area contributed by atoms with Crippen LogP contribution in [0.25, 0.3) is 16.7 Å². The molecule has 2 aromatic carbocycles. The zero-order valence-corrected chi connectivity index (χ0v) is 13.9. The van der Waals surface area contributed by atoms with Gasteiger partial charge in [-0.15, -0.1) is 11.6 Å². The van der Waals surface area contributed by atoms with Gasteiger partial charge in [-0.1, -0.05) is 39.1 Å². The number of imidazole rings is 1. The Morgan fingerprint density at radius 1 is 1.05 bits per heavy atom. The molecule has 0 spiro atoms. The predicted molar refractivity (Wildman–Crippen MR) is 88.3 cm³/mol. The van der Waals surface area contributed by atoms with Crippen LogP contribution in [-0.2, 0) is 5.88 Å². The third kappa shape index (κ3) is 2.44. The molecule has 0 saturated carbocycles. The minimum absolute atomic E-state index is 0.312. The highest BCUT2D eigenvalue weighted by Crippen LogP contribution is 2.29. The summed E-state index contributed by atoms with van der Waals surface area (Å²) >= 11 is 21.5. The monoisotopic (exact) mass is 388 g/mol. The third-order valence-electron chi connectivity index (χ3n) is 2.97. The second kappa shape index (κ2) is 5.57. The molecule has 0 radical (unpaired) electrons. The van der Waals surface area contributed by atoms with E-state index in [-0.39, 0.29) is 0 Å². The molecule has 0 amide bonds. The number of hydrogen-bond donors (Lipinski definition) is 0. The van der Waals surface area contributed by atoms with Gasteiger partial charge < -0.3 is 0 Å². The van der Waals surface area contributed by atoms with Crippen LogP contribution in [0.15, 0.2) is 40.9 Å². The third-order valence-corrected chi connectivity index (χ3v) is 4.44. The second-order valence-electron chi connectivity index (χ2n) is 4.23. The Bertz CT molecular complexity index is 798. The lowest BCUT2D eigenvalue weighted by atomic mass is 10.2. The first-order chi connectivity index (χ1) is 9.60. The smallest absolute Gasteiger partial charge is 0.129 e. The molecule has 0 bridgehead atoms. The summed E-state index contributed by atoms with van der Waals surface area (Å²) < 4.78 is 2.96. The lowest BCUT2D eigenvalue weighted by Gasteiger charge is -2.09. The van der Waals surface area contributed by atoms with Gasteiger partial charge in [-0.3, -0.25) is 4.57 Å². The molecule has 0 atom stereocenters. The summed E-state index contributed by atoms with van der Waals surface area (Å²) in [5.41, 5.74) is 2.74. The molecule has 0 N–H and O–H groups in total. The maximum atomic E-state index is 6.10. The van der Waals surface area contributed by atoms with Gasteiger partial charge in [0, 0.05) is 10.2 Å². The van der Waals surface area contributed by atoms with E-state index in [2.05, 4.69) is 20.9 Å². The summed E-state index contributed by atoms with van der Waals surface area (Å²) in [6, 6.07) is 11.4. The lowest BCUT2D eigenvalue weighted by molar-refractivity contribution is 0.982. The Hall–Kier alpha value is -0.740. The summed E-state index contributed by atoms with van der Waals surface area (Å²) in [7, 11) is 0. The first-order valence-corrected chi connectivity index (χ1v) is 7.87. The van der Waals surface area contributed by atoms with Crippen molar-refractivity contribution in [3.63, 3.8) is 0 Å². The zero-order valence-electron chi connectivity index (χ0n) is 10.1. The topological polar surface area (TPSA) is 17.8 Å². The summed E-state index contributed by atoms with van der Waals surface area (Å²) in [5.74, 6) is 1.07. The Morgan fingerprint density at radius 2 is 1.85 bits per heavy atom. The molecule has 3 rings (SSSR count). The van der Waals surface area contributed by atoms with Gasteiger partial charge >= 0.3 is 0 Å². The van der Waals surface area contributed by atoms with E-state index < -0.39 is 0 Å². The fourth-order valence-corrected chi connectivity index (χ4v) is 2.93. The minimum atomic E-state index is 0.312. The van der Waals surface area contributed by atoms with Gasteiger partial charge in [0.05, 0.1) is 27.0 Å². The average molecular weight is 390 g/mol. The molecule has 2 nitrogen and oxygen atoms in total. The highest BCUT2D eigenvalue weighted by atomic mass is 79.9. The lowest BCUT2D eigenvalue weighted by Crippen LogP contribution is -1.99. The standard InChI is InChI=1S/C14H8BrCl3N2/c15-8-1-4-13-12(5-8)19-14(7-16)20(13)9-2-3-10(17)11(18)6-9/h1-6H,7H2. The van der Waals surface area contributed by atoms with Crippen molar-refractivity contribution in [1.29, 1.82) is 0 Å². The fourth-order valence-electron chi connectivity index (χ4n) is 2.11. The van der Waals surface area contributed by atoms with E-state index in [1.54, 1.807) is 6.07 Å². The van der Waals surface area contributed by atoms with Crippen molar-refractivity contribution in [2.75, 3.05) is 0 Å². The van der Waals surface area contributed by atoms with Crippen molar-refractivity contribution in [3.05, 3.63) is 56.7 Å². The molecule has 20 heavy (non-hydrogen) atoms. The van der Waals surface area contributed by atoms with Crippen LogP contribution in [0, 0.1) is 0 Å². The molecule has 0 aliphatic carbocycles. The Labute approximate surface area is 139 Å². The van der Waals surface area contributed by atoms with Crippen LogP contribution in [0.1, 0.15) is 5.82 Å². The first-order valence-electron chi connectivity index (χ1n) is 5.78. The molecular weight excluding hydrogens is 382 g/mol. The Kier molecular flexibility index (Phi) is 3.95. The van der Waals surface area contributed by atoms with Gasteiger partial charge in [-0.25, -0.2) is 4.98 Å². The highest BCUT2D eigenvalue weighted by molar-refractivity contribution is 9.10. The number of benzene rings is 2.